The van der Waals surface area contributed by atoms with Crippen molar-refractivity contribution in [1.82, 2.24) is 15.2 Å². The number of nitrogens with zero attached hydrogens (tertiary/aromatic N) is 3. The fourth-order valence-electron chi connectivity index (χ4n) is 3.01. The van der Waals surface area contributed by atoms with Gasteiger partial charge < -0.3 is 29.3 Å². The van der Waals surface area contributed by atoms with E-state index in [0.717, 1.165) is 5.69 Å². The average molecular weight is 454 g/mol. The van der Waals surface area contributed by atoms with Crippen LogP contribution in [0.2, 0.25) is 5.02 Å². The third kappa shape index (κ3) is 4.52. The Labute approximate surface area is 189 Å². The molecule has 0 unspecified atom stereocenters. The van der Waals surface area contributed by atoms with Crippen molar-refractivity contribution < 1.29 is 18.6 Å². The van der Waals surface area contributed by atoms with E-state index in [9.17, 15) is 0 Å². The molecule has 4 rings (SSSR count). The maximum atomic E-state index is 5.96. The molecule has 0 bridgehead atoms. The average Bonchev–Trinajstić information content (AvgIpc) is 3.28. The summed E-state index contributed by atoms with van der Waals surface area (Å²) in [6.07, 6.45) is 1.67. The number of hydrogen-bond donors (Lipinski definition) is 2. The predicted octanol–water partition coefficient (Wildman–Crippen LogP) is 5.30. The third-order valence-corrected chi connectivity index (χ3v) is 4.74. The molecule has 0 spiro atoms. The molecule has 0 amide bonds. The maximum Gasteiger partial charge on any atom is 0.320 e. The Balaban J connectivity index is 1.59. The minimum Gasteiger partial charge on any atom is -0.493 e. The topological polar surface area (TPSA) is 104 Å². The Kier molecular flexibility index (Phi) is 6.27. The molecule has 2 N–H and O–H groups in total. The van der Waals surface area contributed by atoms with Crippen LogP contribution in [0.15, 0.2) is 59.1 Å². The molecule has 0 aliphatic carbocycles. The highest BCUT2D eigenvalue weighted by Crippen LogP contribution is 2.40. The summed E-state index contributed by atoms with van der Waals surface area (Å²) < 4.78 is 21.9. The lowest BCUT2D eigenvalue weighted by Gasteiger charge is -2.13. The zero-order valence-corrected chi connectivity index (χ0v) is 18.3. The van der Waals surface area contributed by atoms with Crippen LogP contribution in [0.1, 0.15) is 0 Å². The van der Waals surface area contributed by atoms with Crippen molar-refractivity contribution in [3.8, 4) is 28.7 Å². The molecule has 2 aromatic heterocycles. The maximum absolute atomic E-state index is 5.96. The van der Waals surface area contributed by atoms with Gasteiger partial charge in [0, 0.05) is 29.0 Å². The monoisotopic (exact) mass is 453 g/mol. The highest BCUT2D eigenvalue weighted by molar-refractivity contribution is 6.30. The van der Waals surface area contributed by atoms with Gasteiger partial charge >= 0.3 is 6.01 Å². The molecule has 0 radical (unpaired) electrons. The van der Waals surface area contributed by atoms with Gasteiger partial charge in [0.25, 0.3) is 5.89 Å². The first-order valence-corrected chi connectivity index (χ1v) is 9.87. The number of ether oxygens (including phenoxy) is 3. The normalized spacial score (nSPS) is 10.5. The van der Waals surface area contributed by atoms with E-state index in [1.165, 1.54) is 0 Å². The van der Waals surface area contributed by atoms with Gasteiger partial charge in [-0.25, -0.2) is 4.98 Å². The molecule has 0 aliphatic rings. The molecule has 0 saturated heterocycles. The Morgan fingerprint density at radius 3 is 2.22 bits per heavy atom. The van der Waals surface area contributed by atoms with E-state index in [1.807, 2.05) is 18.2 Å². The van der Waals surface area contributed by atoms with Gasteiger partial charge in [-0.05, 0) is 36.4 Å². The van der Waals surface area contributed by atoms with Crippen LogP contribution in [0, 0.1) is 0 Å². The fourth-order valence-corrected chi connectivity index (χ4v) is 3.13. The number of hydrogen-bond acceptors (Lipinski definition) is 9. The van der Waals surface area contributed by atoms with Crippen LogP contribution in [-0.4, -0.2) is 36.5 Å². The summed E-state index contributed by atoms with van der Waals surface area (Å²) >= 11 is 5.96. The van der Waals surface area contributed by atoms with Gasteiger partial charge in [-0.2, -0.15) is 0 Å². The molecule has 9 nitrogen and oxygen atoms in total. The van der Waals surface area contributed by atoms with Crippen LogP contribution in [0.3, 0.4) is 0 Å². The number of halogens is 1. The highest BCUT2D eigenvalue weighted by Gasteiger charge is 2.17. The van der Waals surface area contributed by atoms with Crippen molar-refractivity contribution >= 4 is 34.8 Å². The van der Waals surface area contributed by atoms with E-state index >= 15 is 0 Å². The molecule has 164 valence electrons. The van der Waals surface area contributed by atoms with Gasteiger partial charge in [0.1, 0.15) is 5.82 Å². The van der Waals surface area contributed by atoms with E-state index in [1.54, 1.807) is 57.9 Å². The summed E-state index contributed by atoms with van der Waals surface area (Å²) in [5.41, 5.74) is 2.10. The Hall–Kier alpha value is -3.98. The van der Waals surface area contributed by atoms with Crippen molar-refractivity contribution in [2.75, 3.05) is 32.0 Å². The zero-order chi connectivity index (χ0) is 22.5. The Morgan fingerprint density at radius 1 is 0.844 bits per heavy atom. The van der Waals surface area contributed by atoms with Crippen molar-refractivity contribution in [1.29, 1.82) is 0 Å². The molecule has 2 heterocycles. The van der Waals surface area contributed by atoms with Crippen LogP contribution in [-0.2, 0) is 0 Å². The Morgan fingerprint density at radius 2 is 1.56 bits per heavy atom. The van der Waals surface area contributed by atoms with Crippen molar-refractivity contribution in [3.63, 3.8) is 0 Å². The first kappa shape index (κ1) is 21.3. The lowest BCUT2D eigenvalue weighted by molar-refractivity contribution is 0.324. The standard InChI is InChI=1S/C22H20ClN5O4/c1-29-17-11-15(12-18(30-2)19(17)31-3)26-22-28-27-21(32-22)16-5-4-10-24-20(16)25-14-8-6-13(23)7-9-14/h4-12H,1-3H3,(H,24,25)(H,26,28). The molecule has 0 atom stereocenters. The summed E-state index contributed by atoms with van der Waals surface area (Å²) in [5.74, 6) is 2.34. The van der Waals surface area contributed by atoms with E-state index in [-0.39, 0.29) is 6.01 Å². The molecule has 0 saturated carbocycles. The van der Waals surface area contributed by atoms with Crippen LogP contribution in [0.25, 0.3) is 11.5 Å². The smallest absolute Gasteiger partial charge is 0.320 e. The highest BCUT2D eigenvalue weighted by atomic mass is 35.5. The van der Waals surface area contributed by atoms with Gasteiger partial charge in [-0.3, -0.25) is 0 Å². The number of benzene rings is 2. The molecule has 4 aromatic rings. The van der Waals surface area contributed by atoms with E-state index in [0.29, 0.717) is 45.2 Å². The van der Waals surface area contributed by atoms with E-state index < -0.39 is 0 Å². The second kappa shape index (κ2) is 9.44. The molecule has 2 aromatic carbocycles. The van der Waals surface area contributed by atoms with Crippen molar-refractivity contribution in [2.45, 2.75) is 0 Å². The minimum absolute atomic E-state index is 0.190. The summed E-state index contributed by atoms with van der Waals surface area (Å²) in [4.78, 5) is 4.39. The van der Waals surface area contributed by atoms with Crippen LogP contribution < -0.4 is 24.8 Å². The number of nitrogens with one attached hydrogen (secondary N) is 2. The molecular formula is C22H20ClN5O4. The minimum atomic E-state index is 0.190. The quantitative estimate of drug-likeness (QED) is 0.367. The summed E-state index contributed by atoms with van der Waals surface area (Å²) in [6.45, 7) is 0. The van der Waals surface area contributed by atoms with Gasteiger partial charge in [-0.15, -0.1) is 5.10 Å². The van der Waals surface area contributed by atoms with E-state index in [2.05, 4.69) is 25.8 Å². The molecule has 32 heavy (non-hydrogen) atoms. The lowest BCUT2D eigenvalue weighted by atomic mass is 10.2. The lowest BCUT2D eigenvalue weighted by Crippen LogP contribution is -1.98. The largest absolute Gasteiger partial charge is 0.493 e. The van der Waals surface area contributed by atoms with Gasteiger partial charge in [0.2, 0.25) is 5.75 Å². The number of anilines is 4. The van der Waals surface area contributed by atoms with Gasteiger partial charge in [-0.1, -0.05) is 16.7 Å². The van der Waals surface area contributed by atoms with Crippen molar-refractivity contribution in [2.24, 2.45) is 0 Å². The molecule has 0 aliphatic heterocycles. The summed E-state index contributed by atoms with van der Waals surface area (Å²) in [5, 5.41) is 15.2. The van der Waals surface area contributed by atoms with E-state index in [4.69, 9.17) is 30.2 Å². The van der Waals surface area contributed by atoms with Crippen LogP contribution >= 0.6 is 11.6 Å². The van der Waals surface area contributed by atoms with Crippen LogP contribution in [0.5, 0.6) is 17.2 Å². The molecule has 0 fully saturated rings. The summed E-state index contributed by atoms with van der Waals surface area (Å²) in [7, 11) is 4.63. The van der Waals surface area contributed by atoms with Gasteiger partial charge in [0.15, 0.2) is 11.5 Å². The van der Waals surface area contributed by atoms with Crippen LogP contribution in [0.4, 0.5) is 23.2 Å². The second-order valence-electron chi connectivity index (χ2n) is 6.48. The molecular weight excluding hydrogens is 434 g/mol. The molecule has 10 heteroatoms. The number of aromatic nitrogens is 3. The fraction of sp³-hybridized carbons (Fsp3) is 0.136. The number of pyridine rings is 1. The SMILES string of the molecule is COc1cc(Nc2nnc(-c3cccnc3Nc3ccc(Cl)cc3)o2)cc(OC)c1OC. The number of methoxy groups -OCH3 is 3. The summed E-state index contributed by atoms with van der Waals surface area (Å²) in [6, 6.07) is 14.6. The third-order valence-electron chi connectivity index (χ3n) is 4.49. The number of rotatable bonds is 8. The first-order chi connectivity index (χ1) is 15.6. The second-order valence-corrected chi connectivity index (χ2v) is 6.92. The first-order valence-electron chi connectivity index (χ1n) is 9.49. The van der Waals surface area contributed by atoms with Gasteiger partial charge in [0.05, 0.1) is 32.6 Å². The predicted molar refractivity (Wildman–Crippen MR) is 122 cm³/mol. The van der Waals surface area contributed by atoms with Crippen molar-refractivity contribution in [3.05, 3.63) is 59.8 Å². The Bertz CT molecular complexity index is 1190. The zero-order valence-electron chi connectivity index (χ0n) is 17.5.